The van der Waals surface area contributed by atoms with Gasteiger partial charge in [0.25, 0.3) is 5.69 Å². The number of carbonyl (C=O) groups excluding carboxylic acids is 1. The number of rotatable bonds is 5. The summed E-state index contributed by atoms with van der Waals surface area (Å²) in [6.45, 7) is 0. The highest BCUT2D eigenvalue weighted by Crippen LogP contribution is 2.30. The molecule has 2 aromatic rings. The topological polar surface area (TPSA) is 97.2 Å². The maximum atomic E-state index is 11.6. The molecule has 1 aliphatic rings. The Morgan fingerprint density at radius 2 is 1.82 bits per heavy atom. The summed E-state index contributed by atoms with van der Waals surface area (Å²) >= 11 is 0. The van der Waals surface area contributed by atoms with Crippen LogP contribution in [0.25, 0.3) is 0 Å². The number of amides is 1. The van der Waals surface area contributed by atoms with Crippen molar-refractivity contribution < 1.29 is 9.72 Å². The minimum atomic E-state index is -0.492. The van der Waals surface area contributed by atoms with Crippen LogP contribution in [0, 0.1) is 16.0 Å². The van der Waals surface area contributed by atoms with Gasteiger partial charge in [-0.05, 0) is 43.2 Å². The van der Waals surface area contributed by atoms with E-state index >= 15 is 0 Å². The van der Waals surface area contributed by atoms with E-state index in [-0.39, 0.29) is 17.5 Å². The first-order chi connectivity index (χ1) is 10.6. The second-order valence-electron chi connectivity index (χ2n) is 5.12. The highest BCUT2D eigenvalue weighted by Gasteiger charge is 2.29. The van der Waals surface area contributed by atoms with Crippen molar-refractivity contribution in [2.45, 2.75) is 12.8 Å². The molecule has 0 radical (unpaired) electrons. The van der Waals surface area contributed by atoms with Crippen LogP contribution in [0.2, 0.25) is 0 Å². The molecule has 0 unspecified atom stereocenters. The summed E-state index contributed by atoms with van der Waals surface area (Å²) in [6.07, 6.45) is 3.14. The lowest BCUT2D eigenvalue weighted by atomic mass is 10.2. The van der Waals surface area contributed by atoms with Gasteiger partial charge >= 0.3 is 0 Å². The third kappa shape index (κ3) is 3.38. The monoisotopic (exact) mass is 298 g/mol. The van der Waals surface area contributed by atoms with Crippen molar-refractivity contribution in [3.05, 3.63) is 52.7 Å². The van der Waals surface area contributed by atoms with Gasteiger partial charge in [-0.25, -0.2) is 4.98 Å². The zero-order valence-electron chi connectivity index (χ0n) is 11.7. The van der Waals surface area contributed by atoms with E-state index in [1.165, 1.54) is 12.3 Å². The number of anilines is 3. The number of benzene rings is 1. The zero-order valence-corrected chi connectivity index (χ0v) is 11.7. The van der Waals surface area contributed by atoms with E-state index in [9.17, 15) is 14.9 Å². The molecule has 1 aromatic heterocycles. The Morgan fingerprint density at radius 3 is 2.36 bits per heavy atom. The summed E-state index contributed by atoms with van der Waals surface area (Å²) in [6, 6.07) is 10.2. The van der Waals surface area contributed by atoms with Crippen LogP contribution < -0.4 is 10.6 Å². The number of carbonyl (C=O) groups is 1. The average molecular weight is 298 g/mol. The van der Waals surface area contributed by atoms with E-state index in [0.29, 0.717) is 5.82 Å². The Balaban J connectivity index is 1.62. The molecule has 1 aromatic carbocycles. The van der Waals surface area contributed by atoms with Crippen LogP contribution in [0.1, 0.15) is 12.8 Å². The van der Waals surface area contributed by atoms with Crippen LogP contribution in [0.4, 0.5) is 22.9 Å². The molecule has 0 saturated heterocycles. The molecule has 1 amide bonds. The van der Waals surface area contributed by atoms with Gasteiger partial charge in [0, 0.05) is 23.4 Å². The molecule has 0 aliphatic heterocycles. The predicted molar refractivity (Wildman–Crippen MR) is 82.0 cm³/mol. The van der Waals surface area contributed by atoms with Crippen molar-refractivity contribution in [3.63, 3.8) is 0 Å². The van der Waals surface area contributed by atoms with Crippen LogP contribution >= 0.6 is 0 Å². The van der Waals surface area contributed by atoms with Gasteiger partial charge in [0.15, 0.2) is 0 Å². The van der Waals surface area contributed by atoms with Gasteiger partial charge in [-0.3, -0.25) is 14.9 Å². The number of hydrogen-bond donors (Lipinski definition) is 2. The molecule has 1 aliphatic carbocycles. The lowest BCUT2D eigenvalue weighted by Gasteiger charge is -2.07. The van der Waals surface area contributed by atoms with Gasteiger partial charge in [-0.15, -0.1) is 0 Å². The largest absolute Gasteiger partial charge is 0.340 e. The third-order valence-corrected chi connectivity index (χ3v) is 3.33. The number of nitro groups is 1. The van der Waals surface area contributed by atoms with Crippen molar-refractivity contribution in [3.8, 4) is 0 Å². The molecule has 2 N–H and O–H groups in total. The highest BCUT2D eigenvalue weighted by molar-refractivity contribution is 5.94. The second-order valence-corrected chi connectivity index (χ2v) is 5.12. The summed E-state index contributed by atoms with van der Waals surface area (Å²) < 4.78 is 0. The Morgan fingerprint density at radius 1 is 1.14 bits per heavy atom. The molecule has 7 heteroatoms. The lowest BCUT2D eigenvalue weighted by molar-refractivity contribution is -0.385. The van der Waals surface area contributed by atoms with Crippen molar-refractivity contribution in [1.29, 1.82) is 0 Å². The van der Waals surface area contributed by atoms with Crippen LogP contribution in [0.3, 0.4) is 0 Å². The molecule has 0 bridgehead atoms. The van der Waals surface area contributed by atoms with Crippen LogP contribution in [0.15, 0.2) is 42.6 Å². The summed E-state index contributed by atoms with van der Waals surface area (Å²) in [5.41, 5.74) is 1.48. The quantitative estimate of drug-likeness (QED) is 0.653. The maximum absolute atomic E-state index is 11.6. The fraction of sp³-hybridized carbons (Fsp3) is 0.200. The van der Waals surface area contributed by atoms with E-state index < -0.39 is 4.92 Å². The number of nitrogens with one attached hydrogen (secondary N) is 2. The molecule has 0 atom stereocenters. The summed E-state index contributed by atoms with van der Waals surface area (Å²) in [5, 5.41) is 16.5. The van der Waals surface area contributed by atoms with E-state index in [4.69, 9.17) is 0 Å². The van der Waals surface area contributed by atoms with Crippen molar-refractivity contribution >= 4 is 28.8 Å². The van der Waals surface area contributed by atoms with Gasteiger partial charge in [-0.2, -0.15) is 0 Å². The third-order valence-electron chi connectivity index (χ3n) is 3.33. The predicted octanol–water partition coefficient (Wildman–Crippen LogP) is 3.08. The normalized spacial score (nSPS) is 13.5. The van der Waals surface area contributed by atoms with E-state index in [0.717, 1.165) is 24.2 Å². The smallest absolute Gasteiger partial charge is 0.287 e. The summed E-state index contributed by atoms with van der Waals surface area (Å²) in [7, 11) is 0. The molecule has 3 rings (SSSR count). The molecule has 7 nitrogen and oxygen atoms in total. The Labute approximate surface area is 126 Å². The molecule has 1 heterocycles. The second kappa shape index (κ2) is 5.80. The summed E-state index contributed by atoms with van der Waals surface area (Å²) in [5.74, 6) is 0.750. The highest BCUT2D eigenvalue weighted by atomic mass is 16.6. The summed E-state index contributed by atoms with van der Waals surface area (Å²) in [4.78, 5) is 25.7. The molecule has 1 saturated carbocycles. The van der Waals surface area contributed by atoms with Crippen molar-refractivity contribution in [2.24, 2.45) is 5.92 Å². The first-order valence-corrected chi connectivity index (χ1v) is 6.90. The minimum absolute atomic E-state index is 0.0521. The molecule has 112 valence electrons. The molecular weight excluding hydrogens is 284 g/mol. The van der Waals surface area contributed by atoms with Crippen LogP contribution in [-0.4, -0.2) is 15.8 Å². The molecule has 22 heavy (non-hydrogen) atoms. The number of aromatic nitrogens is 1. The Bertz CT molecular complexity index is 694. The minimum Gasteiger partial charge on any atom is -0.340 e. The average Bonchev–Trinajstić information content (AvgIpc) is 3.34. The van der Waals surface area contributed by atoms with Gasteiger partial charge in [0.1, 0.15) is 12.0 Å². The Hall–Kier alpha value is -2.96. The van der Waals surface area contributed by atoms with Gasteiger partial charge < -0.3 is 10.6 Å². The van der Waals surface area contributed by atoms with Crippen LogP contribution in [-0.2, 0) is 4.79 Å². The first-order valence-electron chi connectivity index (χ1n) is 6.90. The maximum Gasteiger partial charge on any atom is 0.287 e. The molecular formula is C15H14N4O3. The first kappa shape index (κ1) is 14.0. The Kier molecular flexibility index (Phi) is 3.69. The fourth-order valence-corrected chi connectivity index (χ4v) is 1.94. The van der Waals surface area contributed by atoms with E-state index in [1.54, 1.807) is 18.2 Å². The zero-order chi connectivity index (χ0) is 15.5. The fourth-order valence-electron chi connectivity index (χ4n) is 1.94. The number of pyridine rings is 1. The van der Waals surface area contributed by atoms with E-state index in [1.807, 2.05) is 12.1 Å². The van der Waals surface area contributed by atoms with Crippen molar-refractivity contribution in [2.75, 3.05) is 10.6 Å². The van der Waals surface area contributed by atoms with Gasteiger partial charge in [0.2, 0.25) is 5.91 Å². The SMILES string of the molecule is O=C(Nc1ccc(Nc2ccc([N+](=O)[O-])cn2)cc1)C1CC1. The van der Waals surface area contributed by atoms with Crippen molar-refractivity contribution in [1.82, 2.24) is 4.98 Å². The number of nitrogens with zero attached hydrogens (tertiary/aromatic N) is 2. The standard InChI is InChI=1S/C15H14N4O3/c20-15(10-1-2-10)18-12-5-3-11(4-6-12)17-14-8-7-13(9-16-14)19(21)22/h3-10H,1-2H2,(H,16,17)(H,18,20). The lowest BCUT2D eigenvalue weighted by Crippen LogP contribution is -2.13. The van der Waals surface area contributed by atoms with Gasteiger partial charge in [0.05, 0.1) is 4.92 Å². The number of hydrogen-bond acceptors (Lipinski definition) is 5. The molecule has 1 fully saturated rings. The molecule has 0 spiro atoms. The van der Waals surface area contributed by atoms with Crippen LogP contribution in [0.5, 0.6) is 0 Å². The van der Waals surface area contributed by atoms with Gasteiger partial charge in [-0.1, -0.05) is 0 Å². The van der Waals surface area contributed by atoms with E-state index in [2.05, 4.69) is 15.6 Å².